The van der Waals surface area contributed by atoms with Crippen molar-refractivity contribution < 1.29 is 0 Å². The van der Waals surface area contributed by atoms with Crippen LogP contribution in [0.4, 0.5) is 11.4 Å². The first kappa shape index (κ1) is 20.9. The predicted octanol–water partition coefficient (Wildman–Crippen LogP) is 5.06. The number of hydrogen-bond acceptors (Lipinski definition) is 3. The third-order valence-electron chi connectivity index (χ3n) is 5.28. The lowest BCUT2D eigenvalue weighted by molar-refractivity contribution is 0.260. The normalized spacial score (nSPS) is 10.9. The highest BCUT2D eigenvalue weighted by Crippen LogP contribution is 2.18. The SMILES string of the molecule is CN(C)c1ccc(CN(CCc2ccccc2)Cc2ccc(N(C)C)cc2)cc1. The van der Waals surface area contributed by atoms with Gasteiger partial charge < -0.3 is 9.80 Å². The van der Waals surface area contributed by atoms with Crippen molar-refractivity contribution in [2.75, 3.05) is 44.5 Å². The predicted molar refractivity (Wildman–Crippen MR) is 126 cm³/mol. The minimum Gasteiger partial charge on any atom is -0.378 e. The molecular formula is C26H33N3. The molecule has 0 aliphatic heterocycles. The van der Waals surface area contributed by atoms with E-state index < -0.39 is 0 Å². The summed E-state index contributed by atoms with van der Waals surface area (Å²) in [5, 5.41) is 0. The van der Waals surface area contributed by atoms with Gasteiger partial charge in [-0.3, -0.25) is 4.90 Å². The van der Waals surface area contributed by atoms with Gasteiger partial charge in [-0.05, 0) is 47.4 Å². The average Bonchev–Trinajstić information content (AvgIpc) is 2.73. The molecule has 152 valence electrons. The monoisotopic (exact) mass is 387 g/mol. The van der Waals surface area contributed by atoms with Crippen LogP contribution in [0.25, 0.3) is 0 Å². The van der Waals surface area contributed by atoms with Crippen LogP contribution in [-0.2, 0) is 19.5 Å². The Balaban J connectivity index is 1.71. The Kier molecular flexibility index (Phi) is 7.31. The highest BCUT2D eigenvalue weighted by molar-refractivity contribution is 5.47. The summed E-state index contributed by atoms with van der Waals surface area (Å²) in [6.07, 6.45) is 1.06. The molecule has 0 aliphatic rings. The van der Waals surface area contributed by atoms with Gasteiger partial charge in [0.05, 0.1) is 0 Å². The highest BCUT2D eigenvalue weighted by atomic mass is 15.1. The highest BCUT2D eigenvalue weighted by Gasteiger charge is 2.09. The molecule has 0 spiro atoms. The van der Waals surface area contributed by atoms with Crippen LogP contribution in [0.2, 0.25) is 0 Å². The molecule has 0 fully saturated rings. The fourth-order valence-corrected chi connectivity index (χ4v) is 3.46. The standard InChI is InChI=1S/C26H33N3/c1-27(2)25-14-10-23(11-15-25)20-29(19-18-22-8-6-5-7-9-22)21-24-12-16-26(17-13-24)28(3)4/h5-17H,18-21H2,1-4H3. The third-order valence-corrected chi connectivity index (χ3v) is 5.28. The molecule has 0 aromatic heterocycles. The lowest BCUT2D eigenvalue weighted by Gasteiger charge is -2.24. The summed E-state index contributed by atoms with van der Waals surface area (Å²) < 4.78 is 0. The van der Waals surface area contributed by atoms with Crippen molar-refractivity contribution in [3.05, 3.63) is 95.6 Å². The number of anilines is 2. The quantitative estimate of drug-likeness (QED) is 0.508. The summed E-state index contributed by atoms with van der Waals surface area (Å²) in [6.45, 7) is 2.95. The first-order chi connectivity index (χ1) is 14.0. The zero-order chi connectivity index (χ0) is 20.6. The molecule has 0 radical (unpaired) electrons. The molecule has 3 heteroatoms. The van der Waals surface area contributed by atoms with Crippen molar-refractivity contribution in [2.24, 2.45) is 0 Å². The van der Waals surface area contributed by atoms with Gasteiger partial charge >= 0.3 is 0 Å². The minimum absolute atomic E-state index is 0.954. The van der Waals surface area contributed by atoms with Crippen molar-refractivity contribution >= 4 is 11.4 Å². The van der Waals surface area contributed by atoms with Crippen LogP contribution in [0.1, 0.15) is 16.7 Å². The molecule has 0 amide bonds. The van der Waals surface area contributed by atoms with Crippen molar-refractivity contribution in [1.82, 2.24) is 4.90 Å². The maximum Gasteiger partial charge on any atom is 0.0361 e. The molecule has 3 nitrogen and oxygen atoms in total. The number of rotatable bonds is 9. The van der Waals surface area contributed by atoms with E-state index in [2.05, 4.69) is 122 Å². The largest absolute Gasteiger partial charge is 0.378 e. The summed E-state index contributed by atoms with van der Waals surface area (Å²) in [5.41, 5.74) is 6.58. The van der Waals surface area contributed by atoms with Crippen molar-refractivity contribution in [3.63, 3.8) is 0 Å². The van der Waals surface area contributed by atoms with E-state index in [4.69, 9.17) is 0 Å². The Bertz CT molecular complexity index is 799. The minimum atomic E-state index is 0.954. The molecule has 0 unspecified atom stereocenters. The van der Waals surface area contributed by atoms with Gasteiger partial charge in [0.25, 0.3) is 0 Å². The van der Waals surface area contributed by atoms with Gasteiger partial charge in [0.15, 0.2) is 0 Å². The molecule has 0 heterocycles. The molecular weight excluding hydrogens is 354 g/mol. The Morgan fingerprint density at radius 1 is 0.517 bits per heavy atom. The second-order valence-corrected chi connectivity index (χ2v) is 8.07. The molecule has 0 aliphatic carbocycles. The van der Waals surface area contributed by atoms with E-state index in [0.29, 0.717) is 0 Å². The Hall–Kier alpha value is -2.78. The van der Waals surface area contributed by atoms with Crippen molar-refractivity contribution in [2.45, 2.75) is 19.5 Å². The third kappa shape index (κ3) is 6.37. The second-order valence-electron chi connectivity index (χ2n) is 8.07. The molecule has 0 N–H and O–H groups in total. The van der Waals surface area contributed by atoms with Crippen LogP contribution in [0.3, 0.4) is 0 Å². The van der Waals surface area contributed by atoms with Gasteiger partial charge in [-0.25, -0.2) is 0 Å². The first-order valence-electron chi connectivity index (χ1n) is 10.3. The maximum atomic E-state index is 2.54. The smallest absolute Gasteiger partial charge is 0.0361 e. The summed E-state index contributed by atoms with van der Waals surface area (Å²) in [6, 6.07) is 28.6. The molecule has 0 atom stereocenters. The molecule has 3 rings (SSSR count). The van der Waals surface area contributed by atoms with Crippen molar-refractivity contribution in [1.29, 1.82) is 0 Å². The van der Waals surface area contributed by atoms with E-state index in [9.17, 15) is 0 Å². The first-order valence-corrected chi connectivity index (χ1v) is 10.3. The lowest BCUT2D eigenvalue weighted by atomic mass is 10.1. The topological polar surface area (TPSA) is 9.72 Å². The van der Waals surface area contributed by atoms with Crippen LogP contribution in [0.5, 0.6) is 0 Å². The number of hydrogen-bond donors (Lipinski definition) is 0. The number of nitrogens with zero attached hydrogens (tertiary/aromatic N) is 3. The summed E-state index contributed by atoms with van der Waals surface area (Å²) in [5.74, 6) is 0. The Morgan fingerprint density at radius 3 is 1.38 bits per heavy atom. The Morgan fingerprint density at radius 2 is 0.966 bits per heavy atom. The lowest BCUT2D eigenvalue weighted by Crippen LogP contribution is -2.25. The maximum absolute atomic E-state index is 2.54. The zero-order valence-corrected chi connectivity index (χ0v) is 18.2. The van der Waals surface area contributed by atoms with Crippen LogP contribution in [0, 0.1) is 0 Å². The number of benzene rings is 3. The second kappa shape index (κ2) is 10.1. The van der Waals surface area contributed by atoms with Crippen LogP contribution in [-0.4, -0.2) is 39.6 Å². The van der Waals surface area contributed by atoms with Gasteiger partial charge in [0, 0.05) is 59.2 Å². The van der Waals surface area contributed by atoms with E-state index >= 15 is 0 Å². The molecule has 0 saturated carbocycles. The van der Waals surface area contributed by atoms with E-state index in [1.807, 2.05) is 0 Å². The fraction of sp³-hybridized carbons (Fsp3) is 0.308. The van der Waals surface area contributed by atoms with E-state index in [1.54, 1.807) is 0 Å². The van der Waals surface area contributed by atoms with E-state index in [-0.39, 0.29) is 0 Å². The fourth-order valence-electron chi connectivity index (χ4n) is 3.46. The molecule has 3 aromatic rings. The van der Waals surface area contributed by atoms with Crippen LogP contribution < -0.4 is 9.80 Å². The van der Waals surface area contributed by atoms with Crippen LogP contribution in [0.15, 0.2) is 78.9 Å². The summed E-state index contributed by atoms with van der Waals surface area (Å²) in [4.78, 5) is 6.83. The van der Waals surface area contributed by atoms with Crippen LogP contribution >= 0.6 is 0 Å². The van der Waals surface area contributed by atoms with Gasteiger partial charge in [0.2, 0.25) is 0 Å². The Labute approximate surface area is 176 Å². The van der Waals surface area contributed by atoms with Gasteiger partial charge in [0.1, 0.15) is 0 Å². The summed E-state index contributed by atoms with van der Waals surface area (Å²) in [7, 11) is 8.33. The van der Waals surface area contributed by atoms with Gasteiger partial charge in [-0.1, -0.05) is 54.6 Å². The molecule has 3 aromatic carbocycles. The molecule has 0 bridgehead atoms. The van der Waals surface area contributed by atoms with E-state index in [0.717, 1.165) is 26.1 Å². The molecule has 0 saturated heterocycles. The van der Waals surface area contributed by atoms with Crippen molar-refractivity contribution in [3.8, 4) is 0 Å². The van der Waals surface area contributed by atoms with Gasteiger partial charge in [-0.2, -0.15) is 0 Å². The van der Waals surface area contributed by atoms with Gasteiger partial charge in [-0.15, -0.1) is 0 Å². The zero-order valence-electron chi connectivity index (χ0n) is 18.2. The average molecular weight is 388 g/mol. The summed E-state index contributed by atoms with van der Waals surface area (Å²) >= 11 is 0. The molecule has 29 heavy (non-hydrogen) atoms. The van der Waals surface area contributed by atoms with E-state index in [1.165, 1.54) is 28.1 Å².